The van der Waals surface area contributed by atoms with Gasteiger partial charge in [-0.3, -0.25) is 9.78 Å². The molecule has 1 amide bonds. The summed E-state index contributed by atoms with van der Waals surface area (Å²) in [6, 6.07) is 6.33. The third kappa shape index (κ3) is 4.58. The Bertz CT molecular complexity index is 2050. The van der Waals surface area contributed by atoms with Gasteiger partial charge >= 0.3 is 0 Å². The molecule has 2 saturated heterocycles. The Morgan fingerprint density at radius 1 is 1.05 bits per heavy atom. The number of carbonyl (C=O) groups is 1. The van der Waals surface area contributed by atoms with Crippen molar-refractivity contribution in [2.75, 3.05) is 12.0 Å². The highest BCUT2D eigenvalue weighted by Gasteiger charge is 2.46. The number of nitrogens with one attached hydrogen (secondary N) is 1. The first-order valence-electron chi connectivity index (χ1n) is 14.0. The number of benzene rings is 1. The van der Waals surface area contributed by atoms with E-state index in [1.54, 1.807) is 19.1 Å². The van der Waals surface area contributed by atoms with Crippen LogP contribution in [0, 0.1) is 18.6 Å². The number of fused-ring (bicyclic) bond motifs is 3. The van der Waals surface area contributed by atoms with Crippen LogP contribution in [0.25, 0.3) is 28.0 Å². The van der Waals surface area contributed by atoms with Crippen molar-refractivity contribution in [3.05, 3.63) is 71.7 Å². The molecule has 2 fully saturated rings. The Morgan fingerprint density at radius 3 is 2.41 bits per heavy atom. The molecule has 15 heteroatoms. The van der Waals surface area contributed by atoms with Crippen LogP contribution in [0.4, 0.5) is 14.6 Å². The van der Waals surface area contributed by atoms with Gasteiger partial charge in [-0.25, -0.2) is 22.2 Å². The average Bonchev–Trinajstić information content (AvgIpc) is 3.67. The van der Waals surface area contributed by atoms with Crippen LogP contribution in [0.3, 0.4) is 0 Å². The fourth-order valence-electron chi connectivity index (χ4n) is 6.58. The van der Waals surface area contributed by atoms with Gasteiger partial charge in [0.25, 0.3) is 5.91 Å². The number of nitrogens with zero attached hydrogens (tertiary/aromatic N) is 7. The Kier molecular flexibility index (Phi) is 6.46. The summed E-state index contributed by atoms with van der Waals surface area (Å²) in [5.41, 5.74) is 8.78. The standard InChI is InChI=1S/C29H27F2N9O3S/c1-14-35-27(38-37-14)29(41)39-18-5-6-19(39)10-16(9-18)24-25(44(2,42)43)26(32)40-28(36-24)21(13-34-40)15-3-8-23(33-12-15)20-7-4-17(30)11-22(20)31/h3-4,7-8,11-13,16,18-19H,5-6,9-10,32H2,1-2H3,(H,35,37,38)/t16-,18+,19-. The molecule has 0 aliphatic carbocycles. The van der Waals surface area contributed by atoms with Crippen molar-refractivity contribution in [3.63, 3.8) is 0 Å². The number of nitrogens with two attached hydrogens (primary N) is 1. The second-order valence-electron chi connectivity index (χ2n) is 11.4. The maximum absolute atomic E-state index is 14.3. The van der Waals surface area contributed by atoms with E-state index in [1.165, 1.54) is 23.0 Å². The van der Waals surface area contributed by atoms with Crippen LogP contribution >= 0.6 is 0 Å². The normalized spacial score (nSPS) is 20.0. The van der Waals surface area contributed by atoms with Crippen LogP contribution in [-0.4, -0.2) is 72.3 Å². The first-order valence-corrected chi connectivity index (χ1v) is 15.9. The van der Waals surface area contributed by atoms with Gasteiger partial charge < -0.3 is 15.6 Å². The van der Waals surface area contributed by atoms with E-state index >= 15 is 0 Å². The van der Waals surface area contributed by atoms with Crippen LogP contribution in [0.2, 0.25) is 0 Å². The van der Waals surface area contributed by atoms with Gasteiger partial charge in [-0.05, 0) is 50.8 Å². The van der Waals surface area contributed by atoms with Gasteiger partial charge in [0.05, 0.1) is 17.6 Å². The van der Waals surface area contributed by atoms with Gasteiger partial charge in [0.2, 0.25) is 5.82 Å². The number of nitrogen functional groups attached to an aromatic ring is 1. The van der Waals surface area contributed by atoms with E-state index in [2.05, 4.69) is 25.3 Å². The highest BCUT2D eigenvalue weighted by Crippen LogP contribution is 2.45. The van der Waals surface area contributed by atoms with E-state index in [4.69, 9.17) is 10.7 Å². The minimum absolute atomic E-state index is 0.0558. The highest BCUT2D eigenvalue weighted by molar-refractivity contribution is 7.91. The Hall–Kier alpha value is -4.79. The van der Waals surface area contributed by atoms with Crippen molar-refractivity contribution in [1.29, 1.82) is 0 Å². The molecule has 0 unspecified atom stereocenters. The zero-order valence-electron chi connectivity index (χ0n) is 23.7. The van der Waals surface area contributed by atoms with Gasteiger partial charge in [-0.1, -0.05) is 6.07 Å². The Morgan fingerprint density at radius 2 is 1.80 bits per heavy atom. The largest absolute Gasteiger partial charge is 0.382 e. The van der Waals surface area contributed by atoms with Gasteiger partial charge in [-0.2, -0.15) is 9.61 Å². The molecule has 44 heavy (non-hydrogen) atoms. The van der Waals surface area contributed by atoms with Gasteiger partial charge in [0.15, 0.2) is 15.5 Å². The second-order valence-corrected chi connectivity index (χ2v) is 13.3. The molecule has 0 saturated carbocycles. The van der Waals surface area contributed by atoms with Crippen molar-refractivity contribution in [2.24, 2.45) is 0 Å². The molecule has 226 valence electrons. The van der Waals surface area contributed by atoms with Gasteiger partial charge in [0.1, 0.15) is 28.2 Å². The second kappa shape index (κ2) is 10.1. The molecule has 2 aliphatic heterocycles. The van der Waals surface area contributed by atoms with Gasteiger partial charge in [0, 0.05) is 53.2 Å². The number of amides is 1. The number of halogens is 2. The number of anilines is 1. The lowest BCUT2D eigenvalue weighted by Gasteiger charge is -2.38. The van der Waals surface area contributed by atoms with E-state index in [9.17, 15) is 22.0 Å². The molecule has 0 radical (unpaired) electrons. The van der Waals surface area contributed by atoms with Crippen molar-refractivity contribution in [3.8, 4) is 22.4 Å². The van der Waals surface area contributed by atoms with Crippen molar-refractivity contribution in [1.82, 2.24) is 39.7 Å². The topological polar surface area (TPSA) is 165 Å². The molecule has 0 spiro atoms. The fourth-order valence-corrected chi connectivity index (χ4v) is 7.64. The van der Waals surface area contributed by atoms with Crippen LogP contribution in [-0.2, 0) is 9.84 Å². The number of piperidine rings is 1. The molecule has 2 aliphatic rings. The SMILES string of the molecule is Cc1nnc(C(=O)N2[C@@H]3CC[C@H]2C[C@@H](c2nc4c(-c5ccc(-c6ccc(F)cc6F)nc5)cnn4c(N)c2S(C)(=O)=O)C3)[nH]1. The van der Waals surface area contributed by atoms with E-state index in [0.29, 0.717) is 46.8 Å². The lowest BCUT2D eigenvalue weighted by atomic mass is 9.87. The van der Waals surface area contributed by atoms with Crippen LogP contribution < -0.4 is 5.73 Å². The molecule has 7 rings (SSSR count). The van der Waals surface area contributed by atoms with E-state index in [1.807, 2.05) is 4.90 Å². The molecule has 3 N–H and O–H groups in total. The van der Waals surface area contributed by atoms with Crippen molar-refractivity contribution >= 4 is 27.2 Å². The molecular formula is C29H27F2N9O3S. The summed E-state index contributed by atoms with van der Waals surface area (Å²) < 4.78 is 55.2. The predicted octanol–water partition coefficient (Wildman–Crippen LogP) is 3.70. The Labute approximate surface area is 250 Å². The molecule has 4 aromatic heterocycles. The number of aryl methyl sites for hydroxylation is 1. The average molecular weight is 620 g/mol. The fraction of sp³-hybridized carbons (Fsp3) is 0.310. The van der Waals surface area contributed by atoms with E-state index < -0.39 is 21.5 Å². The van der Waals surface area contributed by atoms with E-state index in [0.717, 1.165) is 31.2 Å². The number of rotatable bonds is 5. The van der Waals surface area contributed by atoms with Crippen LogP contribution in [0.1, 0.15) is 53.7 Å². The summed E-state index contributed by atoms with van der Waals surface area (Å²) in [5.74, 6) is -1.25. The number of aromatic nitrogens is 7. The zero-order chi connectivity index (χ0) is 30.9. The third-order valence-corrected chi connectivity index (χ3v) is 9.63. The number of sulfone groups is 1. The van der Waals surface area contributed by atoms with E-state index in [-0.39, 0.29) is 46.0 Å². The minimum atomic E-state index is -3.82. The molecule has 1 aromatic carbocycles. The predicted molar refractivity (Wildman–Crippen MR) is 155 cm³/mol. The number of hydrogen-bond donors (Lipinski definition) is 2. The molecule has 12 nitrogen and oxygen atoms in total. The summed E-state index contributed by atoms with van der Waals surface area (Å²) in [4.78, 5) is 27.2. The van der Waals surface area contributed by atoms with Crippen LogP contribution in [0.15, 0.2) is 47.6 Å². The molecule has 5 aromatic rings. The monoisotopic (exact) mass is 619 g/mol. The summed E-state index contributed by atoms with van der Waals surface area (Å²) in [5, 5.41) is 12.2. The molecular weight excluding hydrogens is 592 g/mol. The molecule has 3 atom stereocenters. The number of aromatic amines is 1. The van der Waals surface area contributed by atoms with Crippen molar-refractivity contribution < 1.29 is 22.0 Å². The third-order valence-electron chi connectivity index (χ3n) is 8.47. The first kappa shape index (κ1) is 28.0. The zero-order valence-corrected chi connectivity index (χ0v) is 24.5. The smallest absolute Gasteiger partial charge is 0.292 e. The number of H-pyrrole nitrogens is 1. The van der Waals surface area contributed by atoms with Crippen LogP contribution in [0.5, 0.6) is 0 Å². The minimum Gasteiger partial charge on any atom is -0.382 e. The van der Waals surface area contributed by atoms with Crippen molar-refractivity contribution in [2.45, 2.75) is 55.5 Å². The summed E-state index contributed by atoms with van der Waals surface area (Å²) in [7, 11) is -3.82. The number of hydrogen-bond acceptors (Lipinski definition) is 9. The maximum atomic E-state index is 14.3. The molecule has 6 heterocycles. The summed E-state index contributed by atoms with van der Waals surface area (Å²) in [6.45, 7) is 1.73. The first-order chi connectivity index (χ1) is 21.0. The lowest BCUT2D eigenvalue weighted by Crippen LogP contribution is -2.46. The lowest BCUT2D eigenvalue weighted by molar-refractivity contribution is 0.0556. The summed E-state index contributed by atoms with van der Waals surface area (Å²) in [6.07, 6.45) is 6.69. The maximum Gasteiger partial charge on any atom is 0.292 e. The Balaban J connectivity index is 1.27. The number of pyridine rings is 1. The number of carbonyl (C=O) groups excluding carboxylic acids is 1. The highest BCUT2D eigenvalue weighted by atomic mass is 32.2. The van der Waals surface area contributed by atoms with Gasteiger partial charge in [-0.15, -0.1) is 10.2 Å². The molecule has 2 bridgehead atoms. The quantitative estimate of drug-likeness (QED) is 0.298. The summed E-state index contributed by atoms with van der Waals surface area (Å²) >= 11 is 0.